The Labute approximate surface area is 110 Å². The fourth-order valence-electron chi connectivity index (χ4n) is 2.23. The molecule has 6 heteroatoms. The number of fused-ring (bicyclic) bond motifs is 1. The Kier molecular flexibility index (Phi) is 2.57. The first-order chi connectivity index (χ1) is 9.13. The van der Waals surface area contributed by atoms with Crippen LogP contribution < -0.4 is 15.4 Å². The van der Waals surface area contributed by atoms with E-state index >= 15 is 0 Å². The molecule has 2 heterocycles. The zero-order valence-electron chi connectivity index (χ0n) is 10.3. The van der Waals surface area contributed by atoms with Crippen molar-refractivity contribution in [2.45, 2.75) is 0 Å². The lowest BCUT2D eigenvalue weighted by Gasteiger charge is -2.40. The van der Waals surface area contributed by atoms with Gasteiger partial charge in [0, 0.05) is 12.2 Å². The summed E-state index contributed by atoms with van der Waals surface area (Å²) in [4.78, 5) is 13.6. The molecule has 0 aliphatic carbocycles. The number of carbonyl (C=O) groups excluding carboxylic acids is 1. The number of anilines is 2. The van der Waals surface area contributed by atoms with Gasteiger partial charge in [-0.2, -0.15) is 5.26 Å². The monoisotopic (exact) mass is 259 g/mol. The summed E-state index contributed by atoms with van der Waals surface area (Å²) in [6.07, 6.45) is 0. The summed E-state index contributed by atoms with van der Waals surface area (Å²) in [7, 11) is 0. The van der Waals surface area contributed by atoms with Crippen molar-refractivity contribution in [2.75, 3.05) is 37.0 Å². The number of nitriles is 1. The molecule has 1 fully saturated rings. The molecule has 3 rings (SSSR count). The molecule has 2 aliphatic rings. The molecule has 0 bridgehead atoms. The molecule has 2 N–H and O–H groups in total. The van der Waals surface area contributed by atoms with Gasteiger partial charge in [-0.25, -0.2) is 0 Å². The van der Waals surface area contributed by atoms with Crippen LogP contribution in [0.1, 0.15) is 0 Å². The topological polar surface area (TPSA) is 88.6 Å². The maximum Gasteiger partial charge on any atom is 0.265 e. The summed E-state index contributed by atoms with van der Waals surface area (Å²) >= 11 is 0. The van der Waals surface area contributed by atoms with Crippen LogP contribution in [-0.2, 0) is 9.53 Å². The largest absolute Gasteiger partial charge is 0.482 e. The summed E-state index contributed by atoms with van der Waals surface area (Å²) in [6, 6.07) is 7.39. The van der Waals surface area contributed by atoms with Crippen LogP contribution in [0.25, 0.3) is 0 Å². The summed E-state index contributed by atoms with van der Waals surface area (Å²) in [5.74, 6) is 0.446. The zero-order chi connectivity index (χ0) is 13.5. The smallest absolute Gasteiger partial charge is 0.265 e. The van der Waals surface area contributed by atoms with Crippen molar-refractivity contribution in [3.8, 4) is 11.8 Å². The molecule has 0 aromatic heterocycles. The quantitative estimate of drug-likeness (QED) is 0.783. The summed E-state index contributed by atoms with van der Waals surface area (Å²) in [6.45, 7) is 0.999. The van der Waals surface area contributed by atoms with E-state index in [1.807, 2.05) is 0 Å². The molecule has 0 spiro atoms. The number of hydrogen-bond acceptors (Lipinski definition) is 5. The number of ether oxygens (including phenoxy) is 2. The summed E-state index contributed by atoms with van der Waals surface area (Å²) in [5, 5.41) is 9.23. The van der Waals surface area contributed by atoms with Gasteiger partial charge in [-0.05, 0) is 18.2 Å². The van der Waals surface area contributed by atoms with Crippen molar-refractivity contribution in [1.29, 1.82) is 5.26 Å². The summed E-state index contributed by atoms with van der Waals surface area (Å²) in [5.41, 5.74) is 6.31. The SMILES string of the molecule is N#CC1(CN2C(=O)COc3ccc(N)cc32)COC1. The Morgan fingerprint density at radius 2 is 2.26 bits per heavy atom. The Hall–Kier alpha value is -2.26. The average molecular weight is 259 g/mol. The molecule has 2 aliphatic heterocycles. The molecule has 1 saturated heterocycles. The molecule has 1 aromatic rings. The van der Waals surface area contributed by atoms with Crippen molar-refractivity contribution in [2.24, 2.45) is 5.41 Å². The number of benzene rings is 1. The standard InChI is InChI=1S/C13H13N3O3/c14-5-13(7-18-8-13)6-16-10-3-9(15)1-2-11(10)19-4-12(16)17/h1-3H,4,6-8,15H2. The number of nitrogens with two attached hydrogens (primary N) is 1. The van der Waals surface area contributed by atoms with Gasteiger partial charge < -0.3 is 20.1 Å². The van der Waals surface area contributed by atoms with Crippen molar-refractivity contribution < 1.29 is 14.3 Å². The maximum atomic E-state index is 12.0. The number of amides is 1. The van der Waals surface area contributed by atoms with Gasteiger partial charge in [0.25, 0.3) is 5.91 Å². The highest BCUT2D eigenvalue weighted by molar-refractivity contribution is 5.98. The molecular formula is C13H13N3O3. The lowest BCUT2D eigenvalue weighted by atomic mass is 9.87. The van der Waals surface area contributed by atoms with Gasteiger partial charge in [-0.3, -0.25) is 4.79 Å². The van der Waals surface area contributed by atoms with Crippen LogP contribution in [0.2, 0.25) is 0 Å². The third-order valence-electron chi connectivity index (χ3n) is 3.38. The molecule has 0 radical (unpaired) electrons. The van der Waals surface area contributed by atoms with E-state index in [1.165, 1.54) is 0 Å². The average Bonchev–Trinajstić information content (AvgIpc) is 2.36. The summed E-state index contributed by atoms with van der Waals surface area (Å²) < 4.78 is 10.5. The second kappa shape index (κ2) is 4.14. The van der Waals surface area contributed by atoms with Gasteiger partial charge in [0.15, 0.2) is 6.61 Å². The fraction of sp³-hybridized carbons (Fsp3) is 0.385. The van der Waals surface area contributed by atoms with Crippen LogP contribution in [0.15, 0.2) is 18.2 Å². The Morgan fingerprint density at radius 1 is 1.47 bits per heavy atom. The second-order valence-electron chi connectivity index (χ2n) is 4.88. The van der Waals surface area contributed by atoms with E-state index in [2.05, 4.69) is 6.07 Å². The van der Waals surface area contributed by atoms with Gasteiger partial charge in [0.05, 0.1) is 25.0 Å². The second-order valence-corrected chi connectivity index (χ2v) is 4.88. The number of nitrogens with zero attached hydrogens (tertiary/aromatic N) is 2. The number of carbonyl (C=O) groups is 1. The van der Waals surface area contributed by atoms with Gasteiger partial charge in [0.1, 0.15) is 11.2 Å². The van der Waals surface area contributed by atoms with E-state index in [0.29, 0.717) is 36.9 Å². The van der Waals surface area contributed by atoms with Crippen LogP contribution in [0.3, 0.4) is 0 Å². The highest BCUT2D eigenvalue weighted by Crippen LogP contribution is 2.37. The molecule has 98 valence electrons. The molecule has 1 aromatic carbocycles. The van der Waals surface area contributed by atoms with Crippen molar-refractivity contribution in [3.05, 3.63) is 18.2 Å². The first kappa shape index (κ1) is 11.8. The predicted octanol–water partition coefficient (Wildman–Crippen LogP) is 0.534. The van der Waals surface area contributed by atoms with Crippen molar-refractivity contribution in [1.82, 2.24) is 0 Å². The van der Waals surface area contributed by atoms with Gasteiger partial charge >= 0.3 is 0 Å². The third kappa shape index (κ3) is 1.88. The van der Waals surface area contributed by atoms with E-state index in [-0.39, 0.29) is 12.5 Å². The van der Waals surface area contributed by atoms with Gasteiger partial charge in [0.2, 0.25) is 0 Å². The highest BCUT2D eigenvalue weighted by atomic mass is 16.5. The van der Waals surface area contributed by atoms with E-state index in [1.54, 1.807) is 23.1 Å². The van der Waals surface area contributed by atoms with Gasteiger partial charge in [-0.1, -0.05) is 0 Å². The number of hydrogen-bond donors (Lipinski definition) is 1. The number of nitrogen functional groups attached to an aromatic ring is 1. The normalized spacial score (nSPS) is 19.9. The molecule has 0 unspecified atom stereocenters. The van der Waals surface area contributed by atoms with Crippen LogP contribution >= 0.6 is 0 Å². The zero-order valence-corrected chi connectivity index (χ0v) is 10.3. The minimum absolute atomic E-state index is 0.0146. The van der Waals surface area contributed by atoms with Crippen LogP contribution in [0, 0.1) is 16.7 Å². The van der Waals surface area contributed by atoms with Crippen molar-refractivity contribution >= 4 is 17.3 Å². The molecule has 0 saturated carbocycles. The lowest BCUT2D eigenvalue weighted by molar-refractivity contribution is -0.123. The predicted molar refractivity (Wildman–Crippen MR) is 67.6 cm³/mol. The van der Waals surface area contributed by atoms with Crippen molar-refractivity contribution in [3.63, 3.8) is 0 Å². The van der Waals surface area contributed by atoms with Crippen LogP contribution in [-0.4, -0.2) is 32.3 Å². The Balaban J connectivity index is 1.95. The van der Waals surface area contributed by atoms with E-state index in [4.69, 9.17) is 15.2 Å². The van der Waals surface area contributed by atoms with E-state index in [0.717, 1.165) is 0 Å². The molecule has 1 amide bonds. The Morgan fingerprint density at radius 3 is 2.89 bits per heavy atom. The molecule has 19 heavy (non-hydrogen) atoms. The lowest BCUT2D eigenvalue weighted by Crippen LogP contribution is -2.53. The molecule has 6 nitrogen and oxygen atoms in total. The third-order valence-corrected chi connectivity index (χ3v) is 3.38. The van der Waals surface area contributed by atoms with Gasteiger partial charge in [-0.15, -0.1) is 0 Å². The molecular weight excluding hydrogens is 246 g/mol. The van der Waals surface area contributed by atoms with E-state index < -0.39 is 5.41 Å². The first-order valence-electron chi connectivity index (χ1n) is 5.95. The fourth-order valence-corrected chi connectivity index (χ4v) is 2.23. The first-order valence-corrected chi connectivity index (χ1v) is 5.95. The number of rotatable bonds is 2. The minimum Gasteiger partial charge on any atom is -0.482 e. The van der Waals surface area contributed by atoms with E-state index in [9.17, 15) is 10.1 Å². The molecule has 0 atom stereocenters. The maximum absolute atomic E-state index is 12.0. The Bertz CT molecular complexity index is 575. The highest BCUT2D eigenvalue weighted by Gasteiger charge is 2.43. The van der Waals surface area contributed by atoms with Crippen LogP contribution in [0.5, 0.6) is 5.75 Å². The minimum atomic E-state index is -0.616. The van der Waals surface area contributed by atoms with Crippen LogP contribution in [0.4, 0.5) is 11.4 Å².